The van der Waals surface area contributed by atoms with Crippen molar-refractivity contribution in [3.05, 3.63) is 70.7 Å². The van der Waals surface area contributed by atoms with E-state index in [1.165, 1.54) is 5.56 Å². The van der Waals surface area contributed by atoms with E-state index in [1.807, 2.05) is 42.5 Å². The molecule has 4 bridgehead atoms. The van der Waals surface area contributed by atoms with Gasteiger partial charge in [-0.05, 0) is 47.9 Å². The summed E-state index contributed by atoms with van der Waals surface area (Å²) in [5.74, 6) is 0.755. The minimum atomic E-state index is -0.868. The van der Waals surface area contributed by atoms with Crippen LogP contribution in [0.5, 0.6) is 0 Å². The molecule has 4 fully saturated rings. The maximum Gasteiger partial charge on any atom is 0.248 e. The lowest BCUT2D eigenvalue weighted by molar-refractivity contribution is -0.155. The van der Waals surface area contributed by atoms with Gasteiger partial charge in [-0.15, -0.1) is 0 Å². The first kappa shape index (κ1) is 22.4. The van der Waals surface area contributed by atoms with E-state index in [0.717, 1.165) is 36.5 Å². The van der Waals surface area contributed by atoms with Gasteiger partial charge in [0, 0.05) is 42.5 Å². The number of amides is 2. The van der Waals surface area contributed by atoms with Crippen LogP contribution in [-0.4, -0.2) is 34.8 Å². The molecular formula is C27H32ClN3O2. The Kier molecular flexibility index (Phi) is 5.96. The van der Waals surface area contributed by atoms with Crippen molar-refractivity contribution in [2.45, 2.75) is 51.4 Å². The molecule has 6 heteroatoms. The van der Waals surface area contributed by atoms with Crippen LogP contribution in [0.25, 0.3) is 0 Å². The first-order valence-corrected chi connectivity index (χ1v) is 12.4. The van der Waals surface area contributed by atoms with Crippen molar-refractivity contribution in [3.8, 4) is 0 Å². The highest BCUT2D eigenvalue weighted by atomic mass is 35.5. The van der Waals surface area contributed by atoms with Gasteiger partial charge in [0.05, 0.1) is 0 Å². The minimum absolute atomic E-state index is 0.00667. The Balaban J connectivity index is 1.46. The van der Waals surface area contributed by atoms with Gasteiger partial charge in [-0.25, -0.2) is 0 Å². The zero-order chi connectivity index (χ0) is 23.2. The summed E-state index contributed by atoms with van der Waals surface area (Å²) in [6.07, 6.45) is 1.73. The van der Waals surface area contributed by atoms with Crippen LogP contribution >= 0.6 is 11.6 Å². The second-order valence-electron chi connectivity index (χ2n) is 10.4. The Morgan fingerprint density at radius 3 is 2.58 bits per heavy atom. The summed E-state index contributed by atoms with van der Waals surface area (Å²) >= 11 is 6.10. The number of likely N-dealkylation sites (tertiary alicyclic amines) is 1. The fraction of sp³-hybridized carbons (Fsp3) is 0.481. The minimum Gasteiger partial charge on any atom is -0.350 e. The van der Waals surface area contributed by atoms with Crippen LogP contribution in [0.1, 0.15) is 37.8 Å². The van der Waals surface area contributed by atoms with E-state index in [2.05, 4.69) is 41.5 Å². The first-order valence-electron chi connectivity index (χ1n) is 12.0. The number of hydrogen-bond acceptors (Lipinski definition) is 3. The van der Waals surface area contributed by atoms with E-state index in [9.17, 15) is 9.59 Å². The molecule has 2 aromatic rings. The average molecular weight is 466 g/mol. The number of carbonyl (C=O) groups is 2. The molecular weight excluding hydrogens is 434 g/mol. The zero-order valence-corrected chi connectivity index (χ0v) is 20.0. The van der Waals surface area contributed by atoms with E-state index in [1.54, 1.807) is 0 Å². The van der Waals surface area contributed by atoms with Crippen LogP contribution < -0.4 is 10.6 Å². The van der Waals surface area contributed by atoms with Gasteiger partial charge in [0.2, 0.25) is 11.8 Å². The molecule has 0 radical (unpaired) electrons. The van der Waals surface area contributed by atoms with Gasteiger partial charge in [0.25, 0.3) is 0 Å². The Bertz CT molecular complexity index is 1030. The standard InChI is InChI=1S/C27H32ClN3O2/c1-17(2)12-22-23-13-20-16-31(15-19-8-10-21(28)11-9-19)24(22)27(20,30-25(23)32)26(33)29-14-18-6-4-3-5-7-18/h3-11,17,20,22-24H,12-16H2,1-2H3,(H,29,33)(H,30,32). The normalized spacial score (nSPS) is 30.5. The summed E-state index contributed by atoms with van der Waals surface area (Å²) < 4.78 is 0. The summed E-state index contributed by atoms with van der Waals surface area (Å²) in [6.45, 7) is 6.45. The number of nitrogens with one attached hydrogen (secondary N) is 2. The van der Waals surface area contributed by atoms with Crippen LogP contribution in [0.3, 0.4) is 0 Å². The Hall–Kier alpha value is -2.37. The second kappa shape index (κ2) is 8.77. The highest BCUT2D eigenvalue weighted by Gasteiger charge is 2.70. The van der Waals surface area contributed by atoms with Crippen molar-refractivity contribution >= 4 is 23.4 Å². The number of benzene rings is 2. The van der Waals surface area contributed by atoms with Crippen molar-refractivity contribution < 1.29 is 9.59 Å². The summed E-state index contributed by atoms with van der Waals surface area (Å²) in [4.78, 5) is 29.4. The van der Waals surface area contributed by atoms with Gasteiger partial charge >= 0.3 is 0 Å². The second-order valence-corrected chi connectivity index (χ2v) is 10.8. The molecule has 6 rings (SSSR count). The highest BCUT2D eigenvalue weighted by molar-refractivity contribution is 6.30. The van der Waals surface area contributed by atoms with Gasteiger partial charge in [0.1, 0.15) is 5.54 Å². The Morgan fingerprint density at radius 2 is 1.88 bits per heavy atom. The maximum atomic E-state index is 13.9. The molecule has 5 atom stereocenters. The lowest BCUT2D eigenvalue weighted by atomic mass is 9.57. The summed E-state index contributed by atoms with van der Waals surface area (Å²) in [5.41, 5.74) is 1.37. The van der Waals surface area contributed by atoms with E-state index in [4.69, 9.17) is 11.6 Å². The number of fused-ring (bicyclic) bond motifs is 1. The predicted octanol–water partition coefficient (Wildman–Crippen LogP) is 4.01. The monoisotopic (exact) mass is 465 g/mol. The molecule has 2 N–H and O–H groups in total. The lowest BCUT2D eigenvalue weighted by Gasteiger charge is -2.55. The number of carbonyl (C=O) groups excluding carboxylic acids is 2. The van der Waals surface area contributed by atoms with Crippen LogP contribution in [0.15, 0.2) is 54.6 Å². The largest absolute Gasteiger partial charge is 0.350 e. The van der Waals surface area contributed by atoms with E-state index in [0.29, 0.717) is 12.5 Å². The van der Waals surface area contributed by atoms with Gasteiger partial charge in [-0.3, -0.25) is 14.5 Å². The molecule has 3 aliphatic heterocycles. The Morgan fingerprint density at radius 1 is 1.15 bits per heavy atom. The van der Waals surface area contributed by atoms with Crippen LogP contribution in [0, 0.1) is 23.7 Å². The summed E-state index contributed by atoms with van der Waals surface area (Å²) in [5, 5.41) is 7.14. The molecule has 1 saturated carbocycles. The van der Waals surface area contributed by atoms with Crippen molar-refractivity contribution in [2.75, 3.05) is 6.54 Å². The van der Waals surface area contributed by atoms with E-state index < -0.39 is 5.54 Å². The summed E-state index contributed by atoms with van der Waals surface area (Å²) in [6, 6.07) is 17.9. The molecule has 5 nitrogen and oxygen atoms in total. The third-order valence-electron chi connectivity index (χ3n) is 7.80. The van der Waals surface area contributed by atoms with Crippen molar-refractivity contribution in [1.29, 1.82) is 0 Å². The number of hydrogen-bond donors (Lipinski definition) is 2. The number of piperidine rings is 2. The fourth-order valence-electron chi connectivity index (χ4n) is 6.54. The molecule has 2 aromatic carbocycles. The van der Waals surface area contributed by atoms with Crippen LogP contribution in [0.2, 0.25) is 5.02 Å². The van der Waals surface area contributed by atoms with Gasteiger partial charge in [-0.2, -0.15) is 0 Å². The van der Waals surface area contributed by atoms with Gasteiger partial charge in [0.15, 0.2) is 0 Å². The number of halogens is 1. The van der Waals surface area contributed by atoms with E-state index in [-0.39, 0.29) is 35.6 Å². The lowest BCUT2D eigenvalue weighted by Crippen LogP contribution is -2.77. The third-order valence-corrected chi connectivity index (χ3v) is 8.05. The molecule has 33 heavy (non-hydrogen) atoms. The smallest absolute Gasteiger partial charge is 0.248 e. The molecule has 4 aliphatic rings. The van der Waals surface area contributed by atoms with Crippen molar-refractivity contribution in [3.63, 3.8) is 0 Å². The molecule has 5 unspecified atom stereocenters. The zero-order valence-electron chi connectivity index (χ0n) is 19.3. The average Bonchev–Trinajstić information content (AvgIpc) is 3.02. The molecule has 0 spiro atoms. The van der Waals surface area contributed by atoms with Gasteiger partial charge < -0.3 is 10.6 Å². The SMILES string of the molecule is CC(C)CC1C2CC3CN(Cc4ccc(Cl)cc4)C1C3(C(=O)NCc1ccccc1)NC2=O. The van der Waals surface area contributed by atoms with Gasteiger partial charge in [-0.1, -0.05) is 67.9 Å². The molecule has 2 amide bonds. The van der Waals surface area contributed by atoms with Crippen LogP contribution in [0.4, 0.5) is 0 Å². The highest BCUT2D eigenvalue weighted by Crippen LogP contribution is 2.54. The molecule has 3 saturated heterocycles. The molecule has 3 heterocycles. The quantitative estimate of drug-likeness (QED) is 0.649. The number of rotatable bonds is 7. The van der Waals surface area contributed by atoms with Crippen LogP contribution in [-0.2, 0) is 22.7 Å². The third kappa shape index (κ3) is 3.95. The Labute approximate surface area is 200 Å². The van der Waals surface area contributed by atoms with E-state index >= 15 is 0 Å². The molecule has 1 aliphatic carbocycles. The first-order chi connectivity index (χ1) is 15.9. The predicted molar refractivity (Wildman–Crippen MR) is 129 cm³/mol. The number of nitrogens with zero attached hydrogens (tertiary/aromatic N) is 1. The summed E-state index contributed by atoms with van der Waals surface area (Å²) in [7, 11) is 0. The van der Waals surface area contributed by atoms with Crippen molar-refractivity contribution in [1.82, 2.24) is 15.5 Å². The maximum absolute atomic E-state index is 13.9. The fourth-order valence-corrected chi connectivity index (χ4v) is 6.67. The topological polar surface area (TPSA) is 61.4 Å². The van der Waals surface area contributed by atoms with Crippen molar-refractivity contribution in [2.24, 2.45) is 23.7 Å². The molecule has 174 valence electrons. The molecule has 0 aromatic heterocycles.